The molecule has 0 spiro atoms. The molecule has 0 saturated carbocycles. The Labute approximate surface area is 97.3 Å². The first-order valence-corrected chi connectivity index (χ1v) is 6.76. The quantitative estimate of drug-likeness (QED) is 0.769. The fraction of sp³-hybridized carbons (Fsp3) is 0.900. The van der Waals surface area contributed by atoms with Crippen molar-refractivity contribution in [3.63, 3.8) is 0 Å². The number of carbonyl (C=O) groups is 1. The molecule has 0 aliphatic rings. The molecule has 0 unspecified atom stereocenters. The molecular formula is C10H21NO4S. The number of rotatable bonds is 5. The lowest BCUT2D eigenvalue weighted by Crippen LogP contribution is -2.50. The van der Waals surface area contributed by atoms with E-state index in [1.165, 1.54) is 20.8 Å². The van der Waals surface area contributed by atoms with E-state index in [-0.39, 0.29) is 5.92 Å². The van der Waals surface area contributed by atoms with Gasteiger partial charge in [0.2, 0.25) is 10.0 Å². The van der Waals surface area contributed by atoms with Gasteiger partial charge in [-0.05, 0) is 26.7 Å². The Kier molecular flexibility index (Phi) is 4.94. The Bertz CT molecular complexity index is 342. The predicted octanol–water partition coefficient (Wildman–Crippen LogP) is 1.20. The Morgan fingerprint density at radius 1 is 1.38 bits per heavy atom. The van der Waals surface area contributed by atoms with E-state index in [1.54, 1.807) is 6.92 Å². The zero-order valence-electron chi connectivity index (χ0n) is 10.4. The summed E-state index contributed by atoms with van der Waals surface area (Å²) in [4.78, 5) is 11.0. The van der Waals surface area contributed by atoms with Crippen LogP contribution in [0.3, 0.4) is 0 Å². The molecule has 0 aromatic rings. The van der Waals surface area contributed by atoms with E-state index in [9.17, 15) is 13.2 Å². The molecule has 0 bridgehead atoms. The van der Waals surface area contributed by atoms with Gasteiger partial charge in [-0.3, -0.25) is 4.79 Å². The molecular weight excluding hydrogens is 230 g/mol. The number of aliphatic carboxylic acids is 1. The summed E-state index contributed by atoms with van der Waals surface area (Å²) in [5.41, 5.74) is 0. The van der Waals surface area contributed by atoms with Crippen molar-refractivity contribution in [1.82, 2.24) is 4.72 Å². The van der Waals surface area contributed by atoms with Crippen molar-refractivity contribution < 1.29 is 18.3 Å². The first-order valence-electron chi connectivity index (χ1n) is 5.27. The maximum Gasteiger partial charge on any atom is 0.322 e. The lowest BCUT2D eigenvalue weighted by Gasteiger charge is -2.25. The minimum absolute atomic E-state index is 0.241. The number of hydrogen-bond acceptors (Lipinski definition) is 3. The average Bonchev–Trinajstić information content (AvgIpc) is 2.10. The van der Waals surface area contributed by atoms with Crippen molar-refractivity contribution in [3.05, 3.63) is 0 Å². The third-order valence-corrected chi connectivity index (χ3v) is 4.74. The van der Waals surface area contributed by atoms with Gasteiger partial charge in [-0.25, -0.2) is 13.1 Å². The van der Waals surface area contributed by atoms with Gasteiger partial charge in [0, 0.05) is 0 Å². The summed E-state index contributed by atoms with van der Waals surface area (Å²) < 4.78 is 24.9. The van der Waals surface area contributed by atoms with Crippen LogP contribution < -0.4 is 4.72 Å². The van der Waals surface area contributed by atoms with E-state index in [0.717, 1.165) is 0 Å². The number of nitrogens with one attached hydrogen (secondary N) is 1. The molecule has 0 aliphatic carbocycles. The Morgan fingerprint density at radius 2 is 1.81 bits per heavy atom. The van der Waals surface area contributed by atoms with Crippen molar-refractivity contribution in [2.45, 2.75) is 51.8 Å². The van der Waals surface area contributed by atoms with Crippen LogP contribution in [0.15, 0.2) is 0 Å². The van der Waals surface area contributed by atoms with Crippen molar-refractivity contribution >= 4 is 16.0 Å². The number of carboxylic acid groups (broad SMARTS) is 1. The summed E-state index contributed by atoms with van der Waals surface area (Å²) in [7, 11) is -3.63. The third kappa shape index (κ3) is 3.75. The van der Waals surface area contributed by atoms with Gasteiger partial charge in [0.1, 0.15) is 6.04 Å². The molecule has 96 valence electrons. The van der Waals surface area contributed by atoms with Crippen LogP contribution in [-0.2, 0) is 14.8 Å². The molecule has 2 N–H and O–H groups in total. The molecule has 2 atom stereocenters. The van der Waals surface area contributed by atoms with Gasteiger partial charge in [0.05, 0.1) is 4.75 Å². The fourth-order valence-corrected chi connectivity index (χ4v) is 2.01. The molecule has 16 heavy (non-hydrogen) atoms. The second-order valence-electron chi connectivity index (χ2n) is 4.94. The van der Waals surface area contributed by atoms with Crippen LogP contribution in [0.4, 0.5) is 0 Å². The molecule has 0 amide bonds. The largest absolute Gasteiger partial charge is 0.480 e. The zero-order chi connectivity index (χ0) is 13.1. The molecule has 0 aromatic carbocycles. The number of hydrogen-bond donors (Lipinski definition) is 2. The molecule has 0 saturated heterocycles. The van der Waals surface area contributed by atoms with Crippen LogP contribution in [-0.4, -0.2) is 30.3 Å². The van der Waals surface area contributed by atoms with Crippen LogP contribution in [0.25, 0.3) is 0 Å². The van der Waals surface area contributed by atoms with Crippen molar-refractivity contribution in [3.8, 4) is 0 Å². The summed E-state index contributed by atoms with van der Waals surface area (Å²) in [6, 6.07) is -1.06. The lowest BCUT2D eigenvalue weighted by atomic mass is 10.0. The normalized spacial score (nSPS) is 16.8. The van der Waals surface area contributed by atoms with Crippen LogP contribution in [0, 0.1) is 5.92 Å². The van der Waals surface area contributed by atoms with Crippen molar-refractivity contribution in [2.24, 2.45) is 5.92 Å². The van der Waals surface area contributed by atoms with Crippen LogP contribution in [0.2, 0.25) is 0 Å². The smallest absolute Gasteiger partial charge is 0.322 e. The van der Waals surface area contributed by atoms with Gasteiger partial charge in [-0.2, -0.15) is 0 Å². The third-order valence-electron chi connectivity index (χ3n) is 2.57. The van der Waals surface area contributed by atoms with Gasteiger partial charge in [-0.15, -0.1) is 0 Å². The van der Waals surface area contributed by atoms with E-state index >= 15 is 0 Å². The summed E-state index contributed by atoms with van der Waals surface area (Å²) in [5, 5.41) is 8.98. The highest BCUT2D eigenvalue weighted by atomic mass is 32.2. The van der Waals surface area contributed by atoms with Gasteiger partial charge < -0.3 is 5.11 Å². The molecule has 0 rings (SSSR count). The predicted molar refractivity (Wildman–Crippen MR) is 62.7 cm³/mol. The van der Waals surface area contributed by atoms with E-state index in [0.29, 0.717) is 6.42 Å². The van der Waals surface area contributed by atoms with E-state index in [4.69, 9.17) is 5.11 Å². The van der Waals surface area contributed by atoms with Crippen molar-refractivity contribution in [2.75, 3.05) is 0 Å². The van der Waals surface area contributed by atoms with Gasteiger partial charge >= 0.3 is 5.97 Å². The maximum atomic E-state index is 11.8. The topological polar surface area (TPSA) is 83.5 Å². The first kappa shape index (κ1) is 15.4. The summed E-state index contributed by atoms with van der Waals surface area (Å²) >= 11 is 0. The molecule has 0 radical (unpaired) electrons. The van der Waals surface area contributed by atoms with Crippen molar-refractivity contribution in [1.29, 1.82) is 0 Å². The second kappa shape index (κ2) is 5.14. The monoisotopic (exact) mass is 251 g/mol. The Balaban J connectivity index is 4.99. The summed E-state index contributed by atoms with van der Waals surface area (Å²) in [6.45, 7) is 8.14. The molecule has 0 fully saturated rings. The SMILES string of the molecule is CC[C@H](C)[C@H](NS(=O)(=O)C(C)(C)C)C(=O)O. The lowest BCUT2D eigenvalue weighted by molar-refractivity contribution is -0.140. The second-order valence-corrected chi connectivity index (χ2v) is 7.40. The first-order chi connectivity index (χ1) is 7.03. The zero-order valence-corrected chi connectivity index (χ0v) is 11.3. The minimum Gasteiger partial charge on any atom is -0.480 e. The van der Waals surface area contributed by atoms with Gasteiger partial charge in [-0.1, -0.05) is 20.3 Å². The molecule has 0 heterocycles. The maximum absolute atomic E-state index is 11.8. The van der Waals surface area contributed by atoms with Gasteiger partial charge in [0.15, 0.2) is 0 Å². The molecule has 6 heteroatoms. The van der Waals surface area contributed by atoms with Gasteiger partial charge in [0.25, 0.3) is 0 Å². The molecule has 0 aromatic heterocycles. The summed E-state index contributed by atoms with van der Waals surface area (Å²) in [6.07, 6.45) is 0.601. The van der Waals surface area contributed by atoms with E-state index in [1.807, 2.05) is 6.92 Å². The number of sulfonamides is 1. The minimum atomic E-state index is -3.63. The van der Waals surface area contributed by atoms with E-state index < -0.39 is 26.8 Å². The summed E-state index contributed by atoms with van der Waals surface area (Å²) in [5.74, 6) is -1.38. The highest BCUT2D eigenvalue weighted by molar-refractivity contribution is 7.90. The van der Waals surface area contributed by atoms with Crippen LogP contribution in [0.1, 0.15) is 41.0 Å². The standard InChI is InChI=1S/C10H21NO4S/c1-6-7(2)8(9(12)13)11-16(14,15)10(3,4)5/h7-8,11H,6H2,1-5H3,(H,12,13)/t7-,8-/m0/s1. The Morgan fingerprint density at radius 3 is 2.06 bits per heavy atom. The highest BCUT2D eigenvalue weighted by Crippen LogP contribution is 2.17. The number of carboxylic acids is 1. The van der Waals surface area contributed by atoms with E-state index in [2.05, 4.69) is 4.72 Å². The molecule has 0 aliphatic heterocycles. The average molecular weight is 251 g/mol. The fourth-order valence-electron chi connectivity index (χ4n) is 0.990. The van der Waals surface area contributed by atoms with Crippen LogP contribution >= 0.6 is 0 Å². The Hall–Kier alpha value is -0.620. The van der Waals surface area contributed by atoms with Crippen LogP contribution in [0.5, 0.6) is 0 Å². The highest BCUT2D eigenvalue weighted by Gasteiger charge is 2.35. The molecule has 5 nitrogen and oxygen atoms in total.